The molecule has 4 aromatic carbocycles. The Morgan fingerprint density at radius 1 is 0.425 bits per heavy atom. The molecule has 204 valence electrons. The van der Waals surface area contributed by atoms with E-state index in [0.717, 1.165) is 59.1 Å². The standard InChI is InChI=1S/C32H38B2O4Si2/c1-3-5-27-33-35-39(29-19-11-7-12-20-29,30-21-13-8-14-22-30)37-34(28-6-4-2)38-40(36-33,31-23-15-9-16-24-31)32-25-17-10-18-26-32/h7-26H,3-6,27-28H2,1-2H3. The Morgan fingerprint density at radius 3 is 0.900 bits per heavy atom. The molecule has 8 heteroatoms. The third kappa shape index (κ3) is 6.28. The van der Waals surface area contributed by atoms with Crippen molar-refractivity contribution in [1.82, 2.24) is 0 Å². The van der Waals surface area contributed by atoms with Crippen molar-refractivity contribution >= 4 is 52.1 Å². The van der Waals surface area contributed by atoms with Gasteiger partial charge in [-0.2, -0.15) is 0 Å². The Kier molecular flexibility index (Phi) is 9.91. The van der Waals surface area contributed by atoms with Crippen LogP contribution >= 0.6 is 0 Å². The molecule has 0 aliphatic carbocycles. The minimum Gasteiger partial charge on any atom is -0.427 e. The maximum Gasteiger partial charge on any atom is 0.439 e. The van der Waals surface area contributed by atoms with Crippen LogP contribution in [0, 0.1) is 0 Å². The molecule has 0 bridgehead atoms. The van der Waals surface area contributed by atoms with Crippen LogP contribution in [0.3, 0.4) is 0 Å². The summed E-state index contributed by atoms with van der Waals surface area (Å²) in [6.07, 6.45) is 5.55. The van der Waals surface area contributed by atoms with E-state index in [4.69, 9.17) is 17.4 Å². The van der Waals surface area contributed by atoms with Crippen LogP contribution in [0.1, 0.15) is 39.5 Å². The monoisotopic (exact) mass is 564 g/mol. The van der Waals surface area contributed by atoms with Crippen LogP contribution in [0.5, 0.6) is 0 Å². The van der Waals surface area contributed by atoms with Gasteiger partial charge in [0, 0.05) is 0 Å². The lowest BCUT2D eigenvalue weighted by Gasteiger charge is -2.45. The Morgan fingerprint density at radius 2 is 0.675 bits per heavy atom. The topological polar surface area (TPSA) is 36.9 Å². The molecule has 5 rings (SSSR count). The third-order valence-corrected chi connectivity index (χ3v) is 14.1. The van der Waals surface area contributed by atoms with Crippen LogP contribution in [0.25, 0.3) is 0 Å². The van der Waals surface area contributed by atoms with E-state index in [-0.39, 0.29) is 0 Å². The van der Waals surface area contributed by atoms with E-state index in [1.54, 1.807) is 0 Å². The van der Waals surface area contributed by atoms with Crippen molar-refractivity contribution < 1.29 is 17.4 Å². The van der Waals surface area contributed by atoms with Crippen molar-refractivity contribution in [3.05, 3.63) is 121 Å². The maximum absolute atomic E-state index is 7.31. The Labute approximate surface area is 242 Å². The van der Waals surface area contributed by atoms with Gasteiger partial charge in [0.25, 0.3) is 0 Å². The minimum absolute atomic E-state index is 0.494. The summed E-state index contributed by atoms with van der Waals surface area (Å²) in [5, 5.41) is 4.24. The molecule has 1 heterocycles. The number of benzene rings is 4. The van der Waals surface area contributed by atoms with Gasteiger partial charge in [-0.1, -0.05) is 161 Å². The zero-order valence-corrected chi connectivity index (χ0v) is 25.6. The fraction of sp³-hybridized carbons (Fsp3) is 0.250. The molecule has 0 spiro atoms. The van der Waals surface area contributed by atoms with Gasteiger partial charge in [0.1, 0.15) is 0 Å². The minimum atomic E-state index is -3.24. The summed E-state index contributed by atoms with van der Waals surface area (Å²) in [7, 11) is -7.46. The van der Waals surface area contributed by atoms with Crippen LogP contribution < -0.4 is 20.7 Å². The number of rotatable bonds is 10. The fourth-order valence-corrected chi connectivity index (χ4v) is 12.1. The number of hydrogen-bond acceptors (Lipinski definition) is 4. The number of hydrogen-bond donors (Lipinski definition) is 0. The van der Waals surface area contributed by atoms with Crippen molar-refractivity contribution in [1.29, 1.82) is 0 Å². The lowest BCUT2D eigenvalue weighted by Crippen LogP contribution is -2.75. The third-order valence-electron chi connectivity index (χ3n) is 7.39. The number of unbranched alkanes of at least 4 members (excludes halogenated alkanes) is 2. The average molecular weight is 564 g/mol. The lowest BCUT2D eigenvalue weighted by molar-refractivity contribution is 0.272. The van der Waals surface area contributed by atoms with Gasteiger partial charge in [0.05, 0.1) is 0 Å². The van der Waals surface area contributed by atoms with Gasteiger partial charge >= 0.3 is 31.4 Å². The highest BCUT2D eigenvalue weighted by Crippen LogP contribution is 2.26. The summed E-state index contributed by atoms with van der Waals surface area (Å²) in [4.78, 5) is 0. The van der Waals surface area contributed by atoms with Crippen molar-refractivity contribution in [2.45, 2.75) is 52.2 Å². The molecule has 1 fully saturated rings. The molecule has 0 radical (unpaired) electrons. The van der Waals surface area contributed by atoms with Gasteiger partial charge in [0.2, 0.25) is 0 Å². The molecular formula is C32H38B2O4Si2. The fourth-order valence-electron chi connectivity index (χ4n) is 5.33. The molecule has 1 aliphatic heterocycles. The van der Waals surface area contributed by atoms with E-state index < -0.39 is 31.4 Å². The van der Waals surface area contributed by atoms with E-state index in [9.17, 15) is 0 Å². The van der Waals surface area contributed by atoms with E-state index in [0.29, 0.717) is 0 Å². The van der Waals surface area contributed by atoms with Crippen molar-refractivity contribution in [3.63, 3.8) is 0 Å². The van der Waals surface area contributed by atoms with Crippen molar-refractivity contribution in [2.75, 3.05) is 0 Å². The highest BCUT2D eigenvalue weighted by Gasteiger charge is 2.56. The van der Waals surface area contributed by atoms with Crippen LogP contribution in [-0.4, -0.2) is 31.4 Å². The summed E-state index contributed by atoms with van der Waals surface area (Å²) >= 11 is 0. The average Bonchev–Trinajstić information content (AvgIpc) is 3.02. The van der Waals surface area contributed by atoms with Gasteiger partial charge in [-0.3, -0.25) is 0 Å². The second-order valence-electron chi connectivity index (χ2n) is 10.3. The summed E-state index contributed by atoms with van der Waals surface area (Å²) < 4.78 is 29.2. The predicted molar refractivity (Wildman–Crippen MR) is 171 cm³/mol. The van der Waals surface area contributed by atoms with E-state index in [1.807, 2.05) is 24.3 Å². The SMILES string of the molecule is CCCCB1O[Si](c2ccccc2)(c2ccccc2)OB(CCCC)O[Si](c2ccccc2)(c2ccccc2)O1. The molecule has 0 atom stereocenters. The van der Waals surface area contributed by atoms with Gasteiger partial charge in [-0.15, -0.1) is 0 Å². The summed E-state index contributed by atoms with van der Waals surface area (Å²) in [5.41, 5.74) is 0. The molecule has 0 N–H and O–H groups in total. The maximum atomic E-state index is 7.31. The smallest absolute Gasteiger partial charge is 0.427 e. The highest BCUT2D eigenvalue weighted by atomic mass is 28.4. The van der Waals surface area contributed by atoms with Crippen LogP contribution in [-0.2, 0) is 17.4 Å². The first-order valence-electron chi connectivity index (χ1n) is 14.6. The first-order chi connectivity index (χ1) is 19.7. The van der Waals surface area contributed by atoms with Crippen molar-refractivity contribution in [3.8, 4) is 0 Å². The second-order valence-corrected chi connectivity index (χ2v) is 16.0. The molecule has 40 heavy (non-hydrogen) atoms. The van der Waals surface area contributed by atoms with Crippen LogP contribution in [0.4, 0.5) is 0 Å². The van der Waals surface area contributed by atoms with Crippen LogP contribution in [0.15, 0.2) is 121 Å². The Bertz CT molecular complexity index is 1100. The zero-order valence-electron chi connectivity index (χ0n) is 23.6. The molecule has 0 saturated carbocycles. The largest absolute Gasteiger partial charge is 0.439 e. The van der Waals surface area contributed by atoms with Gasteiger partial charge in [-0.25, -0.2) is 0 Å². The molecule has 0 amide bonds. The van der Waals surface area contributed by atoms with Gasteiger partial charge in [-0.05, 0) is 33.4 Å². The molecule has 1 saturated heterocycles. The summed E-state index contributed by atoms with van der Waals surface area (Å²) in [6, 6.07) is 41.7. The first-order valence-corrected chi connectivity index (χ1v) is 18.3. The quantitative estimate of drug-likeness (QED) is 0.250. The zero-order chi connectivity index (χ0) is 27.7. The highest BCUT2D eigenvalue weighted by molar-refractivity contribution is 7.03. The normalized spacial score (nSPS) is 16.8. The molecule has 4 aromatic rings. The van der Waals surface area contributed by atoms with E-state index in [1.165, 1.54) is 0 Å². The van der Waals surface area contributed by atoms with Gasteiger partial charge in [0.15, 0.2) is 0 Å². The molecule has 0 unspecified atom stereocenters. The Balaban J connectivity index is 1.71. The summed E-state index contributed by atoms with van der Waals surface area (Å²) in [5.74, 6) is 0. The van der Waals surface area contributed by atoms with Gasteiger partial charge < -0.3 is 17.4 Å². The van der Waals surface area contributed by atoms with Crippen molar-refractivity contribution in [2.24, 2.45) is 0 Å². The Hall–Kier alpha value is -2.72. The molecule has 0 aromatic heterocycles. The molecule has 4 nitrogen and oxygen atoms in total. The van der Waals surface area contributed by atoms with E-state index in [2.05, 4.69) is 111 Å². The molecule has 1 aliphatic rings. The second kappa shape index (κ2) is 13.8. The van der Waals surface area contributed by atoms with Crippen LogP contribution in [0.2, 0.25) is 12.6 Å². The molecular weight excluding hydrogens is 526 g/mol. The van der Waals surface area contributed by atoms with E-state index >= 15 is 0 Å². The predicted octanol–water partition coefficient (Wildman–Crippen LogP) is 5.16. The first kappa shape index (κ1) is 28.8. The summed E-state index contributed by atoms with van der Waals surface area (Å²) in [6.45, 7) is 4.41. The lowest BCUT2D eigenvalue weighted by atomic mass is 9.84.